The molecule has 2 aromatic rings. The molecule has 1 saturated heterocycles. The van der Waals surface area contributed by atoms with Crippen molar-refractivity contribution in [1.29, 1.82) is 0 Å². The molecule has 4 rings (SSSR count). The molecule has 0 aromatic heterocycles. The molecule has 2 aliphatic rings. The molecule has 2 N–H and O–H groups in total. The van der Waals surface area contributed by atoms with Crippen LogP contribution in [0.25, 0.3) is 11.1 Å². The first-order valence-electron chi connectivity index (χ1n) is 11.2. The van der Waals surface area contributed by atoms with E-state index >= 15 is 8.78 Å². The molecule has 1 amide bonds. The Bertz CT molecular complexity index is 982. The Kier molecular flexibility index (Phi) is 6.89. The average Bonchev–Trinajstić information content (AvgIpc) is 3.06. The maximum Gasteiger partial charge on any atom is 0.254 e. The van der Waals surface area contributed by atoms with Crippen LogP contribution >= 0.6 is 11.9 Å². The minimum absolute atomic E-state index is 0.0903. The standard InChI is InChI=1S/C25H30F2N2O2S/c1-3-32-28-23-20(26)15-29(24(30)25(31)11-6-12-25)21(23)14-18-9-5-10-19(22(18)27)17-8-4-7-16(2)13-17/h4-5,7-10,13,20-21,23,28,31H,3,6,11-12,14-15H2,1-2H3/t20-,21-,23-/m0/s1. The van der Waals surface area contributed by atoms with Gasteiger partial charge in [0, 0.05) is 11.3 Å². The van der Waals surface area contributed by atoms with Crippen LogP contribution in [-0.4, -0.2) is 52.1 Å². The van der Waals surface area contributed by atoms with E-state index in [1.807, 2.05) is 38.1 Å². The monoisotopic (exact) mass is 460 g/mol. The molecule has 1 aliphatic carbocycles. The van der Waals surface area contributed by atoms with Gasteiger partial charge >= 0.3 is 0 Å². The average molecular weight is 461 g/mol. The molecule has 172 valence electrons. The number of rotatable bonds is 7. The van der Waals surface area contributed by atoms with Gasteiger partial charge in [0.2, 0.25) is 0 Å². The molecule has 0 bridgehead atoms. The van der Waals surface area contributed by atoms with Gasteiger partial charge in [0.15, 0.2) is 0 Å². The van der Waals surface area contributed by atoms with Crippen LogP contribution in [0.5, 0.6) is 0 Å². The molecule has 32 heavy (non-hydrogen) atoms. The maximum atomic E-state index is 15.6. The van der Waals surface area contributed by atoms with Crippen LogP contribution in [0.2, 0.25) is 0 Å². The Balaban J connectivity index is 1.65. The van der Waals surface area contributed by atoms with Crippen molar-refractivity contribution in [3.63, 3.8) is 0 Å². The van der Waals surface area contributed by atoms with Gasteiger partial charge in [-0.2, -0.15) is 0 Å². The summed E-state index contributed by atoms with van der Waals surface area (Å²) in [6.45, 7) is 3.83. The maximum absolute atomic E-state index is 15.6. The van der Waals surface area contributed by atoms with E-state index in [4.69, 9.17) is 0 Å². The van der Waals surface area contributed by atoms with E-state index in [9.17, 15) is 9.90 Å². The molecular weight excluding hydrogens is 430 g/mol. The van der Waals surface area contributed by atoms with Crippen LogP contribution < -0.4 is 4.72 Å². The highest BCUT2D eigenvalue weighted by molar-refractivity contribution is 7.97. The van der Waals surface area contributed by atoms with E-state index in [1.165, 1.54) is 16.8 Å². The highest BCUT2D eigenvalue weighted by Crippen LogP contribution is 2.37. The third kappa shape index (κ3) is 4.43. The Hall–Kier alpha value is -1.96. The van der Waals surface area contributed by atoms with Crippen molar-refractivity contribution < 1.29 is 18.7 Å². The van der Waals surface area contributed by atoms with Crippen LogP contribution in [0.4, 0.5) is 8.78 Å². The van der Waals surface area contributed by atoms with Crippen molar-refractivity contribution in [2.24, 2.45) is 0 Å². The number of carbonyl (C=O) groups excluding carboxylic acids is 1. The van der Waals surface area contributed by atoms with Crippen LogP contribution in [0.15, 0.2) is 42.5 Å². The van der Waals surface area contributed by atoms with Crippen molar-refractivity contribution in [3.8, 4) is 11.1 Å². The lowest BCUT2D eigenvalue weighted by Crippen LogP contribution is -2.56. The highest BCUT2D eigenvalue weighted by atomic mass is 32.2. The molecule has 2 aromatic carbocycles. The normalized spacial score (nSPS) is 24.4. The summed E-state index contributed by atoms with van der Waals surface area (Å²) in [6, 6.07) is 11.7. The Morgan fingerprint density at radius 1 is 1.28 bits per heavy atom. The lowest BCUT2D eigenvalue weighted by molar-refractivity contribution is -0.161. The largest absolute Gasteiger partial charge is 0.380 e. The van der Waals surface area contributed by atoms with Crippen LogP contribution in [0.3, 0.4) is 0 Å². The second kappa shape index (κ2) is 9.49. The van der Waals surface area contributed by atoms with Crippen LogP contribution in [0, 0.1) is 12.7 Å². The van der Waals surface area contributed by atoms with E-state index in [0.29, 0.717) is 24.0 Å². The fourth-order valence-corrected chi connectivity index (χ4v) is 5.33. The number of nitrogens with one attached hydrogen (secondary N) is 1. The fraction of sp³-hybridized carbons (Fsp3) is 0.480. The summed E-state index contributed by atoms with van der Waals surface area (Å²) >= 11 is 1.39. The summed E-state index contributed by atoms with van der Waals surface area (Å²) in [5.41, 5.74) is 1.34. The number of hydrogen-bond acceptors (Lipinski definition) is 4. The van der Waals surface area contributed by atoms with Crippen molar-refractivity contribution in [2.45, 2.75) is 63.4 Å². The van der Waals surface area contributed by atoms with Gasteiger partial charge in [0.25, 0.3) is 5.91 Å². The molecule has 1 heterocycles. The first-order valence-corrected chi connectivity index (χ1v) is 12.2. The zero-order chi connectivity index (χ0) is 22.9. The van der Waals surface area contributed by atoms with E-state index in [-0.39, 0.29) is 18.8 Å². The fourth-order valence-electron chi connectivity index (χ4n) is 4.67. The number of amides is 1. The van der Waals surface area contributed by atoms with Gasteiger partial charge in [0.05, 0.1) is 18.6 Å². The number of aliphatic hydroxyl groups is 1. The summed E-state index contributed by atoms with van der Waals surface area (Å²) in [5, 5.41) is 10.6. The lowest BCUT2D eigenvalue weighted by Gasteiger charge is -2.40. The molecule has 0 unspecified atom stereocenters. The van der Waals surface area contributed by atoms with E-state index < -0.39 is 29.8 Å². The van der Waals surface area contributed by atoms with Gasteiger partial charge in [0.1, 0.15) is 17.6 Å². The smallest absolute Gasteiger partial charge is 0.254 e. The number of benzene rings is 2. The Labute approximate surface area is 192 Å². The van der Waals surface area contributed by atoms with E-state index in [1.54, 1.807) is 18.2 Å². The number of alkyl halides is 1. The SMILES string of the molecule is CCSN[C@H]1[C@@H](F)CN(C(=O)C2(O)CCC2)[C@H]1Cc1cccc(-c2cccc(C)c2)c1F. The molecule has 1 saturated carbocycles. The molecule has 2 fully saturated rings. The summed E-state index contributed by atoms with van der Waals surface area (Å²) in [5.74, 6) is -0.0418. The second-order valence-electron chi connectivity index (χ2n) is 8.85. The first kappa shape index (κ1) is 23.2. The van der Waals surface area contributed by atoms with Gasteiger partial charge in [-0.3, -0.25) is 9.52 Å². The minimum atomic E-state index is -1.41. The van der Waals surface area contributed by atoms with Crippen molar-refractivity contribution in [2.75, 3.05) is 12.3 Å². The van der Waals surface area contributed by atoms with Crippen LogP contribution in [-0.2, 0) is 11.2 Å². The van der Waals surface area contributed by atoms with Gasteiger partial charge in [-0.15, -0.1) is 0 Å². The predicted octanol–water partition coefficient (Wildman–Crippen LogP) is 4.43. The molecule has 4 nitrogen and oxygen atoms in total. The third-order valence-corrected chi connectivity index (χ3v) is 7.34. The number of carbonyl (C=O) groups is 1. The van der Waals surface area contributed by atoms with Gasteiger partial charge in [-0.05, 0) is 43.7 Å². The molecule has 0 spiro atoms. The first-order chi connectivity index (χ1) is 15.3. The third-order valence-electron chi connectivity index (χ3n) is 6.62. The molecular formula is C25H30F2N2O2S. The van der Waals surface area contributed by atoms with Gasteiger partial charge < -0.3 is 10.0 Å². The number of halogens is 2. The summed E-state index contributed by atoms with van der Waals surface area (Å²) in [4.78, 5) is 14.5. The predicted molar refractivity (Wildman–Crippen MR) is 125 cm³/mol. The lowest BCUT2D eigenvalue weighted by atomic mass is 9.79. The number of nitrogens with zero attached hydrogens (tertiary/aromatic N) is 1. The van der Waals surface area contributed by atoms with E-state index in [2.05, 4.69) is 4.72 Å². The summed E-state index contributed by atoms with van der Waals surface area (Å²) < 4.78 is 33.8. The Morgan fingerprint density at radius 3 is 2.69 bits per heavy atom. The van der Waals surface area contributed by atoms with Crippen molar-refractivity contribution in [3.05, 3.63) is 59.4 Å². The van der Waals surface area contributed by atoms with Crippen molar-refractivity contribution in [1.82, 2.24) is 9.62 Å². The minimum Gasteiger partial charge on any atom is -0.380 e. The molecule has 7 heteroatoms. The van der Waals surface area contributed by atoms with E-state index in [0.717, 1.165) is 23.3 Å². The van der Waals surface area contributed by atoms with Crippen molar-refractivity contribution >= 4 is 17.9 Å². The Morgan fingerprint density at radius 2 is 2.03 bits per heavy atom. The summed E-state index contributed by atoms with van der Waals surface area (Å²) in [6.07, 6.45) is 0.459. The van der Waals surface area contributed by atoms with Gasteiger partial charge in [-0.25, -0.2) is 8.78 Å². The van der Waals surface area contributed by atoms with Crippen LogP contribution in [0.1, 0.15) is 37.3 Å². The topological polar surface area (TPSA) is 52.6 Å². The second-order valence-corrected chi connectivity index (χ2v) is 9.96. The number of aryl methyl sites for hydroxylation is 1. The zero-order valence-electron chi connectivity index (χ0n) is 18.5. The highest BCUT2D eigenvalue weighted by Gasteiger charge is 2.52. The molecule has 0 radical (unpaired) electrons. The number of hydrogen-bond donors (Lipinski definition) is 2. The van der Waals surface area contributed by atoms with Gasteiger partial charge in [-0.1, -0.05) is 66.9 Å². The zero-order valence-corrected chi connectivity index (χ0v) is 19.3. The number of likely N-dealkylation sites (tertiary alicyclic amines) is 1. The summed E-state index contributed by atoms with van der Waals surface area (Å²) in [7, 11) is 0. The quantitative estimate of drug-likeness (QED) is 0.600. The molecule has 1 aliphatic heterocycles. The molecule has 3 atom stereocenters.